The molecule has 32 heavy (non-hydrogen) atoms. The molecule has 0 saturated heterocycles. The SMILES string of the molecule is COc1ccc(C2CC(=O)C3=C(C2)NC(C)=C(C(=O)O)C3c2ccccc2Cl)cc1OC. The van der Waals surface area contributed by atoms with Crippen molar-refractivity contribution in [1.29, 1.82) is 0 Å². The van der Waals surface area contributed by atoms with Gasteiger partial charge in [-0.3, -0.25) is 4.79 Å². The van der Waals surface area contributed by atoms with Crippen molar-refractivity contribution in [1.82, 2.24) is 5.32 Å². The van der Waals surface area contributed by atoms with Crippen LogP contribution in [0.1, 0.15) is 42.7 Å². The topological polar surface area (TPSA) is 84.9 Å². The molecule has 0 fully saturated rings. The van der Waals surface area contributed by atoms with E-state index in [9.17, 15) is 14.7 Å². The van der Waals surface area contributed by atoms with E-state index in [1.165, 1.54) is 0 Å². The Kier molecular flexibility index (Phi) is 5.98. The van der Waals surface area contributed by atoms with Crippen molar-refractivity contribution >= 4 is 23.4 Å². The van der Waals surface area contributed by atoms with Crippen LogP contribution in [0.4, 0.5) is 0 Å². The number of carbonyl (C=O) groups is 2. The van der Waals surface area contributed by atoms with Gasteiger partial charge in [0.05, 0.1) is 19.8 Å². The van der Waals surface area contributed by atoms with E-state index in [-0.39, 0.29) is 23.7 Å². The number of methoxy groups -OCH3 is 2. The summed E-state index contributed by atoms with van der Waals surface area (Å²) in [6, 6.07) is 12.7. The van der Waals surface area contributed by atoms with Crippen molar-refractivity contribution < 1.29 is 24.2 Å². The minimum absolute atomic E-state index is 0.0698. The molecule has 0 bridgehead atoms. The van der Waals surface area contributed by atoms with Gasteiger partial charge in [0.15, 0.2) is 17.3 Å². The van der Waals surface area contributed by atoms with Gasteiger partial charge in [-0.15, -0.1) is 0 Å². The highest BCUT2D eigenvalue weighted by Gasteiger charge is 2.41. The highest BCUT2D eigenvalue weighted by atomic mass is 35.5. The van der Waals surface area contributed by atoms with Gasteiger partial charge in [0.1, 0.15) is 0 Å². The third-order valence-corrected chi connectivity index (χ3v) is 6.50. The number of rotatable bonds is 5. The number of ether oxygens (including phenoxy) is 2. The fraction of sp³-hybridized carbons (Fsp3) is 0.280. The number of carboxylic acids is 1. The Morgan fingerprint density at radius 1 is 1.09 bits per heavy atom. The van der Waals surface area contributed by atoms with Gasteiger partial charge in [0, 0.05) is 34.3 Å². The lowest BCUT2D eigenvalue weighted by Crippen LogP contribution is -2.35. The van der Waals surface area contributed by atoms with Gasteiger partial charge in [-0.25, -0.2) is 4.79 Å². The van der Waals surface area contributed by atoms with Crippen molar-refractivity contribution in [2.45, 2.75) is 31.6 Å². The minimum atomic E-state index is -1.07. The van der Waals surface area contributed by atoms with Gasteiger partial charge in [-0.2, -0.15) is 0 Å². The molecule has 7 heteroatoms. The molecule has 4 rings (SSSR count). The number of nitrogens with one attached hydrogen (secondary N) is 1. The fourth-order valence-corrected chi connectivity index (χ4v) is 4.93. The molecule has 6 nitrogen and oxygen atoms in total. The summed E-state index contributed by atoms with van der Waals surface area (Å²) in [5.74, 6) is -0.711. The van der Waals surface area contributed by atoms with Crippen LogP contribution in [0, 0.1) is 0 Å². The van der Waals surface area contributed by atoms with Crippen molar-refractivity contribution in [3.8, 4) is 11.5 Å². The van der Waals surface area contributed by atoms with Gasteiger partial charge >= 0.3 is 5.97 Å². The first kappa shape index (κ1) is 22.0. The summed E-state index contributed by atoms with van der Waals surface area (Å²) < 4.78 is 10.7. The van der Waals surface area contributed by atoms with Crippen LogP contribution in [0.2, 0.25) is 5.02 Å². The molecule has 2 atom stereocenters. The van der Waals surface area contributed by atoms with Crippen LogP contribution >= 0.6 is 11.6 Å². The Hall–Kier alpha value is -3.25. The second-order valence-corrected chi connectivity index (χ2v) is 8.37. The van der Waals surface area contributed by atoms with Crippen LogP contribution in [0.15, 0.2) is 65.0 Å². The smallest absolute Gasteiger partial charge is 0.334 e. The summed E-state index contributed by atoms with van der Waals surface area (Å²) in [5, 5.41) is 13.6. The summed E-state index contributed by atoms with van der Waals surface area (Å²) in [6.45, 7) is 1.72. The Labute approximate surface area is 191 Å². The van der Waals surface area contributed by atoms with Crippen LogP contribution in [-0.2, 0) is 9.59 Å². The molecule has 0 spiro atoms. The van der Waals surface area contributed by atoms with E-state index in [0.29, 0.717) is 39.8 Å². The lowest BCUT2D eigenvalue weighted by atomic mass is 9.71. The van der Waals surface area contributed by atoms with E-state index in [1.807, 2.05) is 18.2 Å². The average Bonchev–Trinajstić information content (AvgIpc) is 2.77. The fourth-order valence-electron chi connectivity index (χ4n) is 4.69. The number of aliphatic carboxylic acids is 1. The van der Waals surface area contributed by atoms with Crippen LogP contribution in [0.3, 0.4) is 0 Å². The van der Waals surface area contributed by atoms with Gasteiger partial charge in [-0.05, 0) is 48.6 Å². The highest BCUT2D eigenvalue weighted by Crippen LogP contribution is 2.47. The molecule has 2 aromatic carbocycles. The first-order chi connectivity index (χ1) is 15.3. The standard InChI is InChI=1S/C25H24ClNO5/c1-13-22(25(29)30)23(16-6-4-5-7-17(16)26)24-18(27-13)10-15(11-19(24)28)14-8-9-20(31-2)21(12-14)32-3/h4-9,12,15,23,27H,10-11H2,1-3H3,(H,29,30). The Morgan fingerprint density at radius 2 is 1.81 bits per heavy atom. The molecule has 2 N–H and O–H groups in total. The quantitative estimate of drug-likeness (QED) is 0.676. The molecule has 1 aliphatic heterocycles. The summed E-state index contributed by atoms with van der Waals surface area (Å²) >= 11 is 6.45. The highest BCUT2D eigenvalue weighted by molar-refractivity contribution is 6.31. The van der Waals surface area contributed by atoms with E-state index < -0.39 is 11.9 Å². The zero-order valence-corrected chi connectivity index (χ0v) is 18.8. The minimum Gasteiger partial charge on any atom is -0.493 e. The van der Waals surface area contributed by atoms with Crippen LogP contribution in [0.25, 0.3) is 0 Å². The van der Waals surface area contributed by atoms with Gasteiger partial charge in [0.2, 0.25) is 0 Å². The molecular formula is C25H24ClNO5. The van der Waals surface area contributed by atoms with Crippen LogP contribution in [-0.4, -0.2) is 31.1 Å². The predicted molar refractivity (Wildman–Crippen MR) is 121 cm³/mol. The Morgan fingerprint density at radius 3 is 2.47 bits per heavy atom. The molecule has 0 aromatic heterocycles. The molecule has 2 aliphatic rings. The third kappa shape index (κ3) is 3.75. The number of halogens is 1. The molecule has 0 saturated carbocycles. The number of ketones is 1. The van der Waals surface area contributed by atoms with E-state index in [4.69, 9.17) is 21.1 Å². The Bertz CT molecular complexity index is 1170. The summed E-state index contributed by atoms with van der Waals surface area (Å²) in [7, 11) is 3.15. The average molecular weight is 454 g/mol. The van der Waals surface area contributed by atoms with Crippen LogP contribution < -0.4 is 14.8 Å². The maximum atomic E-state index is 13.4. The third-order valence-electron chi connectivity index (χ3n) is 6.15. The number of hydrogen-bond acceptors (Lipinski definition) is 5. The molecule has 0 radical (unpaired) electrons. The maximum Gasteiger partial charge on any atom is 0.334 e. The number of carboxylic acid groups (broad SMARTS) is 1. The van der Waals surface area contributed by atoms with Crippen molar-refractivity contribution in [2.75, 3.05) is 14.2 Å². The van der Waals surface area contributed by atoms with Crippen LogP contribution in [0.5, 0.6) is 11.5 Å². The molecule has 166 valence electrons. The second-order valence-electron chi connectivity index (χ2n) is 7.96. The Balaban J connectivity index is 1.79. The molecule has 0 amide bonds. The van der Waals surface area contributed by atoms with Gasteiger partial charge in [0.25, 0.3) is 0 Å². The lowest BCUT2D eigenvalue weighted by Gasteiger charge is -2.36. The number of hydrogen-bond donors (Lipinski definition) is 2. The molecule has 1 aliphatic carbocycles. The monoisotopic (exact) mass is 453 g/mol. The summed E-state index contributed by atoms with van der Waals surface area (Å²) in [6.07, 6.45) is 0.838. The molecule has 2 unspecified atom stereocenters. The number of benzene rings is 2. The maximum absolute atomic E-state index is 13.4. The summed E-state index contributed by atoms with van der Waals surface area (Å²) in [5.41, 5.74) is 3.48. The normalized spacial score (nSPS) is 20.6. The zero-order chi connectivity index (χ0) is 23.0. The van der Waals surface area contributed by atoms with E-state index in [0.717, 1.165) is 11.3 Å². The number of allylic oxidation sites excluding steroid dienone is 3. The van der Waals surface area contributed by atoms with Crippen molar-refractivity contribution in [3.05, 3.63) is 81.2 Å². The predicted octanol–water partition coefficient (Wildman–Crippen LogP) is 4.80. The summed E-state index contributed by atoms with van der Waals surface area (Å²) in [4.78, 5) is 25.6. The van der Waals surface area contributed by atoms with E-state index >= 15 is 0 Å². The molecule has 1 heterocycles. The number of dihydropyridines is 1. The van der Waals surface area contributed by atoms with Crippen molar-refractivity contribution in [3.63, 3.8) is 0 Å². The molecule has 2 aromatic rings. The van der Waals surface area contributed by atoms with Gasteiger partial charge < -0.3 is 19.9 Å². The van der Waals surface area contributed by atoms with Crippen molar-refractivity contribution in [2.24, 2.45) is 0 Å². The zero-order valence-electron chi connectivity index (χ0n) is 18.1. The van der Waals surface area contributed by atoms with E-state index in [2.05, 4.69) is 5.32 Å². The second kappa shape index (κ2) is 8.71. The first-order valence-corrected chi connectivity index (χ1v) is 10.7. The van der Waals surface area contributed by atoms with Gasteiger partial charge in [-0.1, -0.05) is 35.9 Å². The number of Topliss-reactive ketones (excluding diaryl/α,β-unsaturated/α-hetero) is 1. The lowest BCUT2D eigenvalue weighted by molar-refractivity contribution is -0.133. The largest absolute Gasteiger partial charge is 0.493 e. The molecular weight excluding hydrogens is 430 g/mol. The van der Waals surface area contributed by atoms with E-state index in [1.54, 1.807) is 45.4 Å². The number of carbonyl (C=O) groups excluding carboxylic acids is 1. The first-order valence-electron chi connectivity index (χ1n) is 10.3.